The molecular formula is C7H18N2. The lowest BCUT2D eigenvalue weighted by molar-refractivity contribution is 0.504. The molecule has 2 nitrogen and oxygen atoms in total. The van der Waals surface area contributed by atoms with Gasteiger partial charge in [0.1, 0.15) is 0 Å². The summed E-state index contributed by atoms with van der Waals surface area (Å²) in [7, 11) is 1.88. The van der Waals surface area contributed by atoms with Gasteiger partial charge >= 0.3 is 0 Å². The summed E-state index contributed by atoms with van der Waals surface area (Å²) in [6.07, 6.45) is 6.00. The maximum Gasteiger partial charge on any atom is 0.00714 e. The molecule has 1 rings (SSSR count). The normalized spacial score (nSPS) is 15.3. The highest BCUT2D eigenvalue weighted by atomic mass is 14.8. The van der Waals surface area contributed by atoms with Crippen molar-refractivity contribution in [2.45, 2.75) is 25.7 Å². The summed E-state index contributed by atoms with van der Waals surface area (Å²) < 4.78 is 0. The lowest BCUT2D eigenvalue weighted by Crippen LogP contribution is -2.17. The van der Waals surface area contributed by atoms with E-state index in [9.17, 15) is 0 Å². The van der Waals surface area contributed by atoms with Crippen molar-refractivity contribution in [1.82, 2.24) is 5.32 Å². The Bertz CT molecular complexity index is 36.2. The van der Waals surface area contributed by atoms with Crippen LogP contribution < -0.4 is 11.1 Å². The Kier molecular flexibility index (Phi) is 7.85. The molecule has 1 aliphatic carbocycles. The zero-order chi connectivity index (χ0) is 6.95. The number of nitrogens with two attached hydrogens (primary N) is 1. The minimum Gasteiger partial charge on any atom is -0.329 e. The molecule has 0 aromatic rings. The third-order valence-corrected chi connectivity index (χ3v) is 1.39. The standard InChI is InChI=1S/C4H8.C3H10N2/c1-2-4-3-1;1-5-3-2-4/h1-4H2;5H,2-4H2,1H3. The van der Waals surface area contributed by atoms with Crippen LogP contribution in [0.2, 0.25) is 0 Å². The second-order valence-corrected chi connectivity index (χ2v) is 2.31. The van der Waals surface area contributed by atoms with E-state index in [2.05, 4.69) is 5.32 Å². The molecular weight excluding hydrogens is 112 g/mol. The molecule has 0 atom stereocenters. The maximum atomic E-state index is 5.08. The first-order valence-electron chi connectivity index (χ1n) is 3.76. The highest BCUT2D eigenvalue weighted by molar-refractivity contribution is 4.50. The Morgan fingerprint density at radius 1 is 1.22 bits per heavy atom. The van der Waals surface area contributed by atoms with E-state index in [0.29, 0.717) is 0 Å². The van der Waals surface area contributed by atoms with Crippen LogP contribution in [0.15, 0.2) is 0 Å². The molecule has 0 aromatic carbocycles. The van der Waals surface area contributed by atoms with Gasteiger partial charge in [0.05, 0.1) is 0 Å². The highest BCUT2D eigenvalue weighted by Crippen LogP contribution is 2.15. The van der Waals surface area contributed by atoms with E-state index in [0.717, 1.165) is 13.1 Å². The van der Waals surface area contributed by atoms with Gasteiger partial charge in [0.2, 0.25) is 0 Å². The molecule has 1 fully saturated rings. The zero-order valence-corrected chi connectivity index (χ0v) is 6.32. The molecule has 0 bridgehead atoms. The summed E-state index contributed by atoms with van der Waals surface area (Å²) in [5.74, 6) is 0. The minimum absolute atomic E-state index is 0.733. The average molecular weight is 130 g/mol. The summed E-state index contributed by atoms with van der Waals surface area (Å²) in [6.45, 7) is 1.65. The molecule has 0 aliphatic heterocycles. The quantitative estimate of drug-likeness (QED) is 0.578. The summed E-state index contributed by atoms with van der Waals surface area (Å²) >= 11 is 0. The number of hydrogen-bond donors (Lipinski definition) is 2. The molecule has 0 heterocycles. The smallest absolute Gasteiger partial charge is 0.00714 e. The molecule has 3 N–H and O–H groups in total. The summed E-state index contributed by atoms with van der Waals surface area (Å²) in [4.78, 5) is 0. The molecule has 56 valence electrons. The molecule has 0 amide bonds. The van der Waals surface area contributed by atoms with Crippen LogP contribution in [-0.4, -0.2) is 20.1 Å². The fourth-order valence-corrected chi connectivity index (χ4v) is 0.394. The first-order valence-corrected chi connectivity index (χ1v) is 3.76. The predicted octanol–water partition coefficient (Wildman–Crippen LogP) is 0.725. The van der Waals surface area contributed by atoms with E-state index in [1.165, 1.54) is 25.7 Å². The van der Waals surface area contributed by atoms with Gasteiger partial charge in [0.25, 0.3) is 0 Å². The minimum atomic E-state index is 0.733. The van der Waals surface area contributed by atoms with Crippen LogP contribution in [0.5, 0.6) is 0 Å². The van der Waals surface area contributed by atoms with Gasteiger partial charge in [0.15, 0.2) is 0 Å². The Hall–Kier alpha value is -0.0800. The number of rotatable bonds is 2. The zero-order valence-electron chi connectivity index (χ0n) is 6.32. The average Bonchev–Trinajstić information content (AvgIpc) is 1.63. The molecule has 0 spiro atoms. The van der Waals surface area contributed by atoms with Crippen LogP contribution in [0.3, 0.4) is 0 Å². The predicted molar refractivity (Wildman–Crippen MR) is 41.4 cm³/mol. The van der Waals surface area contributed by atoms with Gasteiger partial charge in [-0.2, -0.15) is 0 Å². The van der Waals surface area contributed by atoms with Crippen molar-refractivity contribution in [3.05, 3.63) is 0 Å². The van der Waals surface area contributed by atoms with Gasteiger partial charge in [0, 0.05) is 13.1 Å². The fraction of sp³-hybridized carbons (Fsp3) is 1.00. The number of likely N-dealkylation sites (N-methyl/N-ethyl adjacent to an activating group) is 1. The summed E-state index contributed by atoms with van der Waals surface area (Å²) in [6, 6.07) is 0. The van der Waals surface area contributed by atoms with Gasteiger partial charge in [-0.25, -0.2) is 0 Å². The van der Waals surface area contributed by atoms with E-state index in [1.54, 1.807) is 0 Å². The Balaban J connectivity index is 0.000000144. The van der Waals surface area contributed by atoms with Crippen LogP contribution in [-0.2, 0) is 0 Å². The summed E-state index contributed by atoms with van der Waals surface area (Å²) in [5.41, 5.74) is 5.08. The second kappa shape index (κ2) is 7.92. The molecule has 1 saturated carbocycles. The van der Waals surface area contributed by atoms with E-state index in [4.69, 9.17) is 5.73 Å². The van der Waals surface area contributed by atoms with E-state index in [1.807, 2.05) is 7.05 Å². The number of hydrogen-bond acceptors (Lipinski definition) is 2. The first-order chi connectivity index (χ1) is 4.41. The molecule has 0 aromatic heterocycles. The number of nitrogens with one attached hydrogen (secondary N) is 1. The van der Waals surface area contributed by atoms with Crippen LogP contribution in [0.4, 0.5) is 0 Å². The van der Waals surface area contributed by atoms with Crippen LogP contribution in [0.25, 0.3) is 0 Å². The van der Waals surface area contributed by atoms with Crippen molar-refractivity contribution in [2.75, 3.05) is 20.1 Å². The SMILES string of the molecule is C1CCC1.CNCCN. The Morgan fingerprint density at radius 2 is 1.67 bits per heavy atom. The van der Waals surface area contributed by atoms with E-state index in [-0.39, 0.29) is 0 Å². The molecule has 0 unspecified atom stereocenters. The maximum absolute atomic E-state index is 5.08. The van der Waals surface area contributed by atoms with Gasteiger partial charge < -0.3 is 11.1 Å². The molecule has 9 heavy (non-hydrogen) atoms. The third-order valence-electron chi connectivity index (χ3n) is 1.39. The van der Waals surface area contributed by atoms with E-state index < -0.39 is 0 Å². The first kappa shape index (κ1) is 8.92. The molecule has 1 aliphatic rings. The van der Waals surface area contributed by atoms with E-state index >= 15 is 0 Å². The molecule has 2 heteroatoms. The fourth-order valence-electron chi connectivity index (χ4n) is 0.394. The van der Waals surface area contributed by atoms with Crippen molar-refractivity contribution >= 4 is 0 Å². The van der Waals surface area contributed by atoms with Crippen molar-refractivity contribution in [1.29, 1.82) is 0 Å². The van der Waals surface area contributed by atoms with Crippen molar-refractivity contribution in [3.8, 4) is 0 Å². The lowest BCUT2D eigenvalue weighted by atomic mass is 10.0. The highest BCUT2D eigenvalue weighted by Gasteiger charge is 1.95. The Morgan fingerprint density at radius 3 is 1.67 bits per heavy atom. The second-order valence-electron chi connectivity index (χ2n) is 2.31. The third kappa shape index (κ3) is 7.92. The van der Waals surface area contributed by atoms with Crippen LogP contribution in [0.1, 0.15) is 25.7 Å². The molecule has 0 radical (unpaired) electrons. The topological polar surface area (TPSA) is 38.0 Å². The van der Waals surface area contributed by atoms with Crippen molar-refractivity contribution in [3.63, 3.8) is 0 Å². The summed E-state index contributed by atoms with van der Waals surface area (Å²) in [5, 5.41) is 2.89. The van der Waals surface area contributed by atoms with Gasteiger partial charge in [-0.05, 0) is 7.05 Å². The Labute approximate surface area is 57.8 Å². The van der Waals surface area contributed by atoms with Crippen molar-refractivity contribution in [2.24, 2.45) is 5.73 Å². The van der Waals surface area contributed by atoms with Gasteiger partial charge in [-0.3, -0.25) is 0 Å². The van der Waals surface area contributed by atoms with Crippen LogP contribution >= 0.6 is 0 Å². The largest absolute Gasteiger partial charge is 0.329 e. The van der Waals surface area contributed by atoms with Crippen molar-refractivity contribution < 1.29 is 0 Å². The monoisotopic (exact) mass is 130 g/mol. The van der Waals surface area contributed by atoms with Gasteiger partial charge in [-0.1, -0.05) is 25.7 Å². The van der Waals surface area contributed by atoms with Crippen LogP contribution in [0, 0.1) is 0 Å². The molecule has 0 saturated heterocycles. The lowest BCUT2D eigenvalue weighted by Gasteiger charge is -2.05. The van der Waals surface area contributed by atoms with Gasteiger partial charge in [-0.15, -0.1) is 0 Å².